The van der Waals surface area contributed by atoms with Crippen LogP contribution in [0.1, 0.15) is 11.1 Å². The van der Waals surface area contributed by atoms with Crippen LogP contribution in [-0.4, -0.2) is 6.21 Å². The quantitative estimate of drug-likeness (QED) is 0.660. The van der Waals surface area contributed by atoms with Gasteiger partial charge in [0, 0.05) is 15.6 Å². The van der Waals surface area contributed by atoms with Gasteiger partial charge in [0.1, 0.15) is 0 Å². The Kier molecular flexibility index (Phi) is 4.62. The van der Waals surface area contributed by atoms with Gasteiger partial charge in [0.05, 0.1) is 12.8 Å². The summed E-state index contributed by atoms with van der Waals surface area (Å²) in [6, 6.07) is 15.3. The van der Waals surface area contributed by atoms with E-state index in [0.29, 0.717) is 16.6 Å². The van der Waals surface area contributed by atoms with Crippen LogP contribution in [0.5, 0.6) is 0 Å². The van der Waals surface area contributed by atoms with Crippen molar-refractivity contribution >= 4 is 29.4 Å². The van der Waals surface area contributed by atoms with Gasteiger partial charge in [0.15, 0.2) is 0 Å². The highest BCUT2D eigenvalue weighted by Gasteiger charge is 2.03. The summed E-state index contributed by atoms with van der Waals surface area (Å²) in [5.41, 5.74) is 4.82. The van der Waals surface area contributed by atoms with Gasteiger partial charge in [-0.2, -0.15) is 5.10 Å². The van der Waals surface area contributed by atoms with Crippen molar-refractivity contribution in [2.24, 2.45) is 5.10 Å². The Morgan fingerprint density at radius 2 is 1.61 bits per heavy atom. The minimum absolute atomic E-state index is 0.502. The van der Waals surface area contributed by atoms with Crippen molar-refractivity contribution in [2.45, 2.75) is 6.54 Å². The normalized spacial score (nSPS) is 10.8. The Morgan fingerprint density at radius 1 is 0.944 bits per heavy atom. The van der Waals surface area contributed by atoms with Crippen molar-refractivity contribution in [3.8, 4) is 0 Å². The molecule has 18 heavy (non-hydrogen) atoms. The van der Waals surface area contributed by atoms with Crippen LogP contribution in [0.2, 0.25) is 10.0 Å². The highest BCUT2D eigenvalue weighted by atomic mass is 35.5. The third-order valence-electron chi connectivity index (χ3n) is 2.42. The highest BCUT2D eigenvalue weighted by Crippen LogP contribution is 2.23. The van der Waals surface area contributed by atoms with Crippen LogP contribution in [0.4, 0.5) is 0 Å². The Hall–Kier alpha value is -1.51. The molecule has 0 radical (unpaired) electrons. The fraction of sp³-hybridized carbons (Fsp3) is 0.0714. The zero-order chi connectivity index (χ0) is 12.8. The van der Waals surface area contributed by atoms with E-state index in [9.17, 15) is 0 Å². The maximum absolute atomic E-state index is 6.05. The fourth-order valence-corrected chi connectivity index (χ4v) is 2.02. The number of halogens is 2. The molecule has 0 amide bonds. The van der Waals surface area contributed by atoms with Crippen LogP contribution in [0.3, 0.4) is 0 Å². The summed E-state index contributed by atoms with van der Waals surface area (Å²) in [7, 11) is 0. The van der Waals surface area contributed by atoms with E-state index < -0.39 is 0 Å². The minimum Gasteiger partial charge on any atom is -0.306 e. The average Bonchev–Trinajstić information content (AvgIpc) is 2.38. The molecule has 4 heteroatoms. The number of hydrazone groups is 1. The number of hydrogen-bond donors (Lipinski definition) is 1. The second-order valence-electron chi connectivity index (χ2n) is 3.70. The third-order valence-corrected chi connectivity index (χ3v) is 3.13. The number of benzene rings is 2. The lowest BCUT2D eigenvalue weighted by atomic mass is 10.2. The second-order valence-corrected chi connectivity index (χ2v) is 4.52. The Labute approximate surface area is 116 Å². The van der Waals surface area contributed by atoms with Crippen LogP contribution in [0.15, 0.2) is 53.6 Å². The lowest BCUT2D eigenvalue weighted by molar-refractivity contribution is 0.748. The van der Waals surface area contributed by atoms with Gasteiger partial charge < -0.3 is 5.43 Å². The van der Waals surface area contributed by atoms with Crippen molar-refractivity contribution in [3.05, 3.63) is 69.7 Å². The molecule has 1 N–H and O–H groups in total. The summed E-state index contributed by atoms with van der Waals surface area (Å²) in [6.45, 7) is 0.502. The first-order valence-corrected chi connectivity index (χ1v) is 6.27. The van der Waals surface area contributed by atoms with Gasteiger partial charge in [-0.3, -0.25) is 0 Å². The molecule has 0 heterocycles. The number of nitrogens with one attached hydrogen (secondary N) is 1. The van der Waals surface area contributed by atoms with E-state index in [0.717, 1.165) is 11.1 Å². The predicted octanol–water partition coefficient (Wildman–Crippen LogP) is 4.12. The van der Waals surface area contributed by atoms with Crippen molar-refractivity contribution < 1.29 is 0 Å². The molecule has 2 nitrogen and oxygen atoms in total. The molecule has 0 spiro atoms. The van der Waals surface area contributed by atoms with E-state index in [1.165, 1.54) is 0 Å². The van der Waals surface area contributed by atoms with Gasteiger partial charge >= 0.3 is 0 Å². The first-order chi connectivity index (χ1) is 8.77. The van der Waals surface area contributed by atoms with Gasteiger partial charge in [-0.25, -0.2) is 0 Å². The molecule has 0 aromatic heterocycles. The molecule has 2 aromatic rings. The van der Waals surface area contributed by atoms with Crippen molar-refractivity contribution in [1.82, 2.24) is 5.43 Å². The highest BCUT2D eigenvalue weighted by molar-refractivity contribution is 6.35. The molecule has 2 rings (SSSR count). The molecule has 0 saturated carbocycles. The molecule has 0 aliphatic rings. The Balaban J connectivity index is 1.95. The van der Waals surface area contributed by atoms with Crippen molar-refractivity contribution in [3.63, 3.8) is 0 Å². The molecule has 0 fully saturated rings. The molecule has 2 aromatic carbocycles. The molecule has 0 atom stereocenters. The van der Waals surface area contributed by atoms with Crippen molar-refractivity contribution in [1.29, 1.82) is 0 Å². The standard InChI is InChI=1S/C14H12Cl2N2/c15-13-7-4-8-14(16)12(13)10-18-17-9-11-5-2-1-3-6-11/h1-9,18H,10H2/b17-9-. The lowest BCUT2D eigenvalue weighted by Gasteiger charge is -2.05. The van der Waals surface area contributed by atoms with Gasteiger partial charge in [0.2, 0.25) is 0 Å². The third kappa shape index (κ3) is 3.49. The molecule has 0 bridgehead atoms. The summed E-state index contributed by atoms with van der Waals surface area (Å²) >= 11 is 12.1. The van der Waals surface area contributed by atoms with Gasteiger partial charge in [0.25, 0.3) is 0 Å². The summed E-state index contributed by atoms with van der Waals surface area (Å²) < 4.78 is 0. The molecular formula is C14H12Cl2N2. The van der Waals surface area contributed by atoms with E-state index in [4.69, 9.17) is 23.2 Å². The van der Waals surface area contributed by atoms with Crippen LogP contribution >= 0.6 is 23.2 Å². The van der Waals surface area contributed by atoms with Gasteiger partial charge in [-0.1, -0.05) is 59.6 Å². The van der Waals surface area contributed by atoms with Crippen LogP contribution in [-0.2, 0) is 6.54 Å². The second kappa shape index (κ2) is 6.43. The van der Waals surface area contributed by atoms with Gasteiger partial charge in [-0.15, -0.1) is 0 Å². The Morgan fingerprint density at radius 3 is 2.28 bits per heavy atom. The number of hydrogen-bond acceptors (Lipinski definition) is 2. The first kappa shape index (κ1) is 12.9. The van der Waals surface area contributed by atoms with E-state index in [-0.39, 0.29) is 0 Å². The van der Waals surface area contributed by atoms with Crippen LogP contribution in [0, 0.1) is 0 Å². The molecule has 0 aliphatic heterocycles. The maximum atomic E-state index is 6.05. The van der Waals surface area contributed by atoms with E-state index in [1.54, 1.807) is 6.21 Å². The van der Waals surface area contributed by atoms with Crippen molar-refractivity contribution in [2.75, 3.05) is 0 Å². The fourth-order valence-electron chi connectivity index (χ4n) is 1.49. The topological polar surface area (TPSA) is 24.4 Å². The zero-order valence-electron chi connectivity index (χ0n) is 9.61. The van der Waals surface area contributed by atoms with E-state index in [1.807, 2.05) is 48.5 Å². The average molecular weight is 279 g/mol. The Bertz CT molecular complexity index is 518. The molecular weight excluding hydrogens is 267 g/mol. The van der Waals surface area contributed by atoms with Crippen LogP contribution < -0.4 is 5.43 Å². The molecule has 0 saturated heterocycles. The van der Waals surface area contributed by atoms with Crippen LogP contribution in [0.25, 0.3) is 0 Å². The van der Waals surface area contributed by atoms with E-state index in [2.05, 4.69) is 10.5 Å². The number of rotatable bonds is 4. The molecule has 92 valence electrons. The minimum atomic E-state index is 0.502. The monoisotopic (exact) mass is 278 g/mol. The summed E-state index contributed by atoms with van der Waals surface area (Å²) in [5.74, 6) is 0. The summed E-state index contributed by atoms with van der Waals surface area (Å²) in [5, 5.41) is 5.41. The molecule has 0 unspecified atom stereocenters. The summed E-state index contributed by atoms with van der Waals surface area (Å²) in [4.78, 5) is 0. The number of nitrogens with zero attached hydrogens (tertiary/aromatic N) is 1. The summed E-state index contributed by atoms with van der Waals surface area (Å²) in [6.07, 6.45) is 1.75. The largest absolute Gasteiger partial charge is 0.306 e. The zero-order valence-corrected chi connectivity index (χ0v) is 11.1. The SMILES string of the molecule is Clc1cccc(Cl)c1CN/N=C\c1ccccc1. The smallest absolute Gasteiger partial charge is 0.0609 e. The van der Waals surface area contributed by atoms with E-state index >= 15 is 0 Å². The first-order valence-electron chi connectivity index (χ1n) is 5.51. The predicted molar refractivity (Wildman–Crippen MR) is 77.3 cm³/mol. The lowest BCUT2D eigenvalue weighted by Crippen LogP contribution is -2.06. The maximum Gasteiger partial charge on any atom is 0.0609 e. The molecule has 0 aliphatic carbocycles. The van der Waals surface area contributed by atoms with Gasteiger partial charge in [-0.05, 0) is 17.7 Å².